The van der Waals surface area contributed by atoms with Gasteiger partial charge in [0.2, 0.25) is 0 Å². The van der Waals surface area contributed by atoms with Gasteiger partial charge in [-0.15, -0.1) is 0 Å². The van der Waals surface area contributed by atoms with E-state index in [-0.39, 0.29) is 0 Å². The third-order valence-electron chi connectivity index (χ3n) is 3.61. The molecule has 3 atom stereocenters. The quantitative estimate of drug-likeness (QED) is 0.657. The number of hydrogen-bond acceptors (Lipinski definition) is 3. The lowest BCUT2D eigenvalue weighted by atomic mass is 9.77. The summed E-state index contributed by atoms with van der Waals surface area (Å²) >= 11 is 5.34. The fraction of sp³-hybridized carbons (Fsp3) is 0.667. The molecule has 1 aromatic rings. The molecule has 1 aromatic heterocycles. The average molecular weight is 303 g/mol. The third-order valence-corrected chi connectivity index (χ3v) is 5.36. The summed E-state index contributed by atoms with van der Waals surface area (Å²) in [4.78, 5) is 0. The Bertz CT molecular complexity index is 340. The molecule has 1 aliphatic rings. The Labute approximate surface area is 110 Å². The normalized spacial score (nSPS) is 27.9. The van der Waals surface area contributed by atoms with E-state index in [0.29, 0.717) is 12.0 Å². The summed E-state index contributed by atoms with van der Waals surface area (Å²) in [6.45, 7) is 2.35. The van der Waals surface area contributed by atoms with Gasteiger partial charge in [0.25, 0.3) is 0 Å². The van der Waals surface area contributed by atoms with Gasteiger partial charge in [-0.25, -0.2) is 0 Å². The Kier molecular flexibility index (Phi) is 4.41. The molecule has 0 amide bonds. The van der Waals surface area contributed by atoms with Gasteiger partial charge in [0, 0.05) is 9.85 Å². The van der Waals surface area contributed by atoms with Crippen LogP contribution in [0.3, 0.4) is 0 Å². The molecule has 2 nitrogen and oxygen atoms in total. The Balaban J connectivity index is 2.13. The zero-order chi connectivity index (χ0) is 11.5. The molecule has 90 valence electrons. The Morgan fingerprint density at radius 3 is 2.88 bits per heavy atom. The molecule has 0 spiro atoms. The maximum absolute atomic E-state index is 5.74. The van der Waals surface area contributed by atoms with Gasteiger partial charge in [0.1, 0.15) is 0 Å². The highest BCUT2D eigenvalue weighted by atomic mass is 79.9. The van der Waals surface area contributed by atoms with Crippen LogP contribution in [0.15, 0.2) is 15.2 Å². The van der Waals surface area contributed by atoms with Gasteiger partial charge in [-0.2, -0.15) is 11.3 Å². The first-order chi connectivity index (χ1) is 7.72. The standard InChI is InChI=1S/C12H19BrN2S/c1-8-3-2-4-9(5-8)12(15-14)10-6-16-7-11(10)13/h6-9,12,15H,2-5,14H2,1H3. The predicted molar refractivity (Wildman–Crippen MR) is 73.2 cm³/mol. The van der Waals surface area contributed by atoms with Crippen LogP contribution in [-0.2, 0) is 0 Å². The third kappa shape index (κ3) is 2.67. The van der Waals surface area contributed by atoms with E-state index in [9.17, 15) is 0 Å². The van der Waals surface area contributed by atoms with Gasteiger partial charge in [-0.05, 0) is 51.6 Å². The van der Waals surface area contributed by atoms with E-state index in [4.69, 9.17) is 5.84 Å². The van der Waals surface area contributed by atoms with E-state index in [1.54, 1.807) is 11.3 Å². The summed E-state index contributed by atoms with van der Waals surface area (Å²) in [6.07, 6.45) is 5.29. The van der Waals surface area contributed by atoms with Crippen LogP contribution in [0.4, 0.5) is 0 Å². The van der Waals surface area contributed by atoms with Crippen LogP contribution < -0.4 is 11.3 Å². The second kappa shape index (κ2) is 5.63. The summed E-state index contributed by atoms with van der Waals surface area (Å²) in [5, 5.41) is 4.33. The minimum atomic E-state index is 0.309. The van der Waals surface area contributed by atoms with Crippen molar-refractivity contribution >= 4 is 27.3 Å². The van der Waals surface area contributed by atoms with Crippen LogP contribution in [0.25, 0.3) is 0 Å². The Morgan fingerprint density at radius 2 is 2.31 bits per heavy atom. The number of hydrogen-bond donors (Lipinski definition) is 2. The molecular formula is C12H19BrN2S. The van der Waals surface area contributed by atoms with Crippen LogP contribution in [0.5, 0.6) is 0 Å². The molecule has 16 heavy (non-hydrogen) atoms. The van der Waals surface area contributed by atoms with Crippen LogP contribution >= 0.6 is 27.3 Å². The number of halogens is 1. The van der Waals surface area contributed by atoms with E-state index in [2.05, 4.69) is 39.0 Å². The first-order valence-electron chi connectivity index (χ1n) is 5.90. The number of rotatable bonds is 3. The van der Waals surface area contributed by atoms with E-state index >= 15 is 0 Å². The molecule has 1 saturated carbocycles. The van der Waals surface area contributed by atoms with Gasteiger partial charge in [-0.3, -0.25) is 11.3 Å². The molecule has 1 heterocycles. The predicted octanol–water partition coefficient (Wildman–Crippen LogP) is 3.84. The fourth-order valence-electron chi connectivity index (χ4n) is 2.78. The molecule has 3 unspecified atom stereocenters. The zero-order valence-electron chi connectivity index (χ0n) is 9.58. The highest BCUT2D eigenvalue weighted by Gasteiger charge is 2.28. The second-order valence-corrected chi connectivity index (χ2v) is 6.45. The first kappa shape index (κ1) is 12.6. The number of hydrazine groups is 1. The van der Waals surface area contributed by atoms with E-state index < -0.39 is 0 Å². The second-order valence-electron chi connectivity index (χ2n) is 4.85. The van der Waals surface area contributed by atoms with Crippen LogP contribution in [-0.4, -0.2) is 0 Å². The van der Waals surface area contributed by atoms with Crippen molar-refractivity contribution in [2.45, 2.75) is 38.6 Å². The topological polar surface area (TPSA) is 38.0 Å². The minimum absolute atomic E-state index is 0.309. The molecule has 0 bridgehead atoms. The fourth-order valence-corrected chi connectivity index (χ4v) is 4.36. The average Bonchev–Trinajstić information content (AvgIpc) is 2.67. The smallest absolute Gasteiger partial charge is 0.0507 e. The Hall–Kier alpha value is 0.100. The van der Waals surface area contributed by atoms with Crippen molar-refractivity contribution in [3.05, 3.63) is 20.8 Å². The summed E-state index contributed by atoms with van der Waals surface area (Å²) < 4.78 is 1.19. The van der Waals surface area contributed by atoms with Crippen LogP contribution in [0, 0.1) is 11.8 Å². The molecule has 1 fully saturated rings. The molecule has 2 rings (SSSR count). The van der Waals surface area contributed by atoms with Gasteiger partial charge < -0.3 is 0 Å². The zero-order valence-corrected chi connectivity index (χ0v) is 12.0. The number of nitrogens with one attached hydrogen (secondary N) is 1. The molecular weight excluding hydrogens is 284 g/mol. The van der Waals surface area contributed by atoms with Gasteiger partial charge >= 0.3 is 0 Å². The van der Waals surface area contributed by atoms with Crippen molar-refractivity contribution in [3.8, 4) is 0 Å². The lowest BCUT2D eigenvalue weighted by molar-refractivity contribution is 0.224. The highest BCUT2D eigenvalue weighted by molar-refractivity contribution is 9.10. The van der Waals surface area contributed by atoms with E-state index in [1.165, 1.54) is 35.7 Å². The molecule has 3 N–H and O–H groups in total. The summed E-state index contributed by atoms with van der Waals surface area (Å²) in [5.74, 6) is 7.26. The molecule has 1 aliphatic carbocycles. The first-order valence-corrected chi connectivity index (χ1v) is 7.63. The summed E-state index contributed by atoms with van der Waals surface area (Å²) in [7, 11) is 0. The van der Waals surface area contributed by atoms with Crippen molar-refractivity contribution in [3.63, 3.8) is 0 Å². The van der Waals surface area contributed by atoms with E-state index in [0.717, 1.165) is 5.92 Å². The van der Waals surface area contributed by atoms with Gasteiger partial charge in [0.15, 0.2) is 0 Å². The van der Waals surface area contributed by atoms with Crippen LogP contribution in [0.2, 0.25) is 0 Å². The number of nitrogens with two attached hydrogens (primary N) is 1. The number of thiophene rings is 1. The molecule has 0 aromatic carbocycles. The molecule has 4 heteroatoms. The van der Waals surface area contributed by atoms with E-state index in [1.807, 2.05) is 0 Å². The van der Waals surface area contributed by atoms with Gasteiger partial charge in [-0.1, -0.05) is 19.8 Å². The van der Waals surface area contributed by atoms with Crippen molar-refractivity contribution in [1.82, 2.24) is 5.43 Å². The highest BCUT2D eigenvalue weighted by Crippen LogP contribution is 2.39. The molecule has 0 saturated heterocycles. The maximum Gasteiger partial charge on any atom is 0.0507 e. The monoisotopic (exact) mass is 302 g/mol. The lowest BCUT2D eigenvalue weighted by Gasteiger charge is -2.33. The maximum atomic E-state index is 5.74. The van der Waals surface area contributed by atoms with Gasteiger partial charge in [0.05, 0.1) is 6.04 Å². The summed E-state index contributed by atoms with van der Waals surface area (Å²) in [6, 6.07) is 0.309. The Morgan fingerprint density at radius 1 is 1.50 bits per heavy atom. The van der Waals surface area contributed by atoms with Crippen molar-refractivity contribution in [2.75, 3.05) is 0 Å². The SMILES string of the molecule is CC1CCCC(C(NN)c2cscc2Br)C1. The summed E-state index contributed by atoms with van der Waals surface area (Å²) in [5.41, 5.74) is 4.34. The van der Waals surface area contributed by atoms with Crippen molar-refractivity contribution < 1.29 is 0 Å². The van der Waals surface area contributed by atoms with Crippen molar-refractivity contribution in [1.29, 1.82) is 0 Å². The van der Waals surface area contributed by atoms with Crippen molar-refractivity contribution in [2.24, 2.45) is 17.7 Å². The minimum Gasteiger partial charge on any atom is -0.271 e. The van der Waals surface area contributed by atoms with Crippen LogP contribution in [0.1, 0.15) is 44.2 Å². The lowest BCUT2D eigenvalue weighted by Crippen LogP contribution is -2.35. The molecule has 0 radical (unpaired) electrons. The molecule has 0 aliphatic heterocycles. The largest absolute Gasteiger partial charge is 0.271 e.